The summed E-state index contributed by atoms with van der Waals surface area (Å²) < 4.78 is 80.9. The van der Waals surface area contributed by atoms with Crippen molar-refractivity contribution in [3.05, 3.63) is 100 Å². The SMILES string of the molecule is COc1cc(C(C)(C)c2cnc(SCc3c(F)cc(S(=O)(=O)N4CCC([N+](C)(C)C)CC4)cc3F)n2-c2ccc(F)cc2)ccc1Cl. The van der Waals surface area contributed by atoms with Crippen molar-refractivity contribution >= 4 is 33.4 Å². The monoisotopic (exact) mass is 707 g/mol. The molecule has 0 N–H and O–H groups in total. The predicted octanol–water partition coefficient (Wildman–Crippen LogP) is 7.43. The molecule has 13 heteroatoms. The third-order valence-corrected chi connectivity index (χ3v) is 12.1. The molecule has 0 unspecified atom stereocenters. The standard InChI is InChI=1S/C34H39ClF3N4O3S2/c1-34(2,22-7-12-28(35)31(17-22)45-6)32-20-39-33(41(32)24-10-8-23(36)9-11-24)46-21-27-29(37)18-26(19-30(27)38)47(43,44)40-15-13-25(14-16-40)42(3,4)5/h7-12,17-20,25H,13-16,21H2,1-6H3/q+1. The van der Waals surface area contributed by atoms with Gasteiger partial charge in [-0.2, -0.15) is 4.31 Å². The number of benzene rings is 3. The molecule has 1 fully saturated rings. The second-order valence-corrected chi connectivity index (χ2v) is 16.4. The lowest BCUT2D eigenvalue weighted by Crippen LogP contribution is -2.52. The van der Waals surface area contributed by atoms with E-state index in [1.165, 1.54) is 23.5 Å². The molecule has 3 aromatic carbocycles. The molecule has 0 atom stereocenters. The molecule has 2 heterocycles. The highest BCUT2D eigenvalue weighted by molar-refractivity contribution is 7.98. The normalized spacial score (nSPS) is 15.3. The number of piperidine rings is 1. The number of sulfonamides is 1. The van der Waals surface area contributed by atoms with E-state index < -0.39 is 37.8 Å². The second kappa shape index (κ2) is 13.5. The lowest BCUT2D eigenvalue weighted by Gasteiger charge is -2.39. The summed E-state index contributed by atoms with van der Waals surface area (Å²) in [4.78, 5) is 4.21. The van der Waals surface area contributed by atoms with E-state index in [2.05, 4.69) is 26.1 Å². The summed E-state index contributed by atoms with van der Waals surface area (Å²) in [5.74, 6) is -1.98. The molecule has 47 heavy (non-hydrogen) atoms. The van der Waals surface area contributed by atoms with Gasteiger partial charge >= 0.3 is 0 Å². The minimum Gasteiger partial charge on any atom is -0.495 e. The highest BCUT2D eigenvalue weighted by Crippen LogP contribution is 2.39. The van der Waals surface area contributed by atoms with Gasteiger partial charge in [0.05, 0.1) is 56.1 Å². The number of thioether (sulfide) groups is 1. The molecule has 1 saturated heterocycles. The van der Waals surface area contributed by atoms with Gasteiger partial charge in [0.25, 0.3) is 0 Å². The summed E-state index contributed by atoms with van der Waals surface area (Å²) >= 11 is 7.36. The van der Waals surface area contributed by atoms with Crippen molar-refractivity contribution in [2.45, 2.75) is 54.0 Å². The Morgan fingerprint density at radius 1 is 1.00 bits per heavy atom. The zero-order valence-electron chi connectivity index (χ0n) is 27.2. The van der Waals surface area contributed by atoms with Crippen molar-refractivity contribution in [1.29, 1.82) is 0 Å². The van der Waals surface area contributed by atoms with Gasteiger partial charge in [0.15, 0.2) is 5.16 Å². The Hall–Kier alpha value is -3.03. The van der Waals surface area contributed by atoms with E-state index in [4.69, 9.17) is 16.3 Å². The summed E-state index contributed by atoms with van der Waals surface area (Å²) in [5, 5.41) is 0.874. The maximum atomic E-state index is 15.5. The molecular formula is C34H39ClF3N4O3S2+. The van der Waals surface area contributed by atoms with Crippen LogP contribution in [0.1, 0.15) is 43.5 Å². The van der Waals surface area contributed by atoms with Gasteiger partial charge < -0.3 is 9.22 Å². The molecule has 1 aromatic heterocycles. The number of halogens is 4. The Labute approximate surface area is 284 Å². The average Bonchev–Trinajstić information content (AvgIpc) is 3.45. The number of imidazole rings is 1. The number of ether oxygens (including phenoxy) is 1. The fourth-order valence-corrected chi connectivity index (χ4v) is 8.62. The molecule has 0 aliphatic carbocycles. The molecule has 0 bridgehead atoms. The zero-order chi connectivity index (χ0) is 34.3. The van der Waals surface area contributed by atoms with Crippen LogP contribution < -0.4 is 4.74 Å². The minimum absolute atomic E-state index is 0.167. The van der Waals surface area contributed by atoms with E-state index in [0.29, 0.717) is 40.5 Å². The van der Waals surface area contributed by atoms with Crippen LogP contribution in [0.25, 0.3) is 5.69 Å². The summed E-state index contributed by atoms with van der Waals surface area (Å²) in [6.07, 6.45) is 3.00. The summed E-state index contributed by atoms with van der Waals surface area (Å²) in [6.45, 7) is 4.56. The molecule has 0 radical (unpaired) electrons. The van der Waals surface area contributed by atoms with Crippen molar-refractivity contribution < 1.29 is 30.8 Å². The summed E-state index contributed by atoms with van der Waals surface area (Å²) in [6, 6.07) is 13.4. The van der Waals surface area contributed by atoms with Gasteiger partial charge in [-0.3, -0.25) is 4.57 Å². The Morgan fingerprint density at radius 3 is 2.19 bits per heavy atom. The maximum Gasteiger partial charge on any atom is 0.243 e. The quantitative estimate of drug-likeness (QED) is 0.127. The molecule has 0 spiro atoms. The number of aromatic nitrogens is 2. The molecular weight excluding hydrogens is 669 g/mol. The van der Waals surface area contributed by atoms with Crippen LogP contribution in [0.4, 0.5) is 13.2 Å². The molecule has 7 nitrogen and oxygen atoms in total. The average molecular weight is 708 g/mol. The smallest absolute Gasteiger partial charge is 0.243 e. The van der Waals surface area contributed by atoms with Crippen molar-refractivity contribution in [2.24, 2.45) is 0 Å². The molecule has 1 aliphatic heterocycles. The lowest BCUT2D eigenvalue weighted by atomic mass is 9.81. The predicted molar refractivity (Wildman–Crippen MR) is 179 cm³/mol. The Bertz CT molecular complexity index is 1850. The van der Waals surface area contributed by atoms with Gasteiger partial charge in [-0.1, -0.05) is 43.3 Å². The number of hydrogen-bond donors (Lipinski definition) is 0. The van der Waals surface area contributed by atoms with Crippen LogP contribution in [0.3, 0.4) is 0 Å². The third-order valence-electron chi connectivity index (χ3n) is 8.94. The highest BCUT2D eigenvalue weighted by atomic mass is 35.5. The van der Waals surface area contributed by atoms with Gasteiger partial charge in [0, 0.05) is 48.3 Å². The van der Waals surface area contributed by atoms with Crippen LogP contribution in [0.2, 0.25) is 5.02 Å². The van der Waals surface area contributed by atoms with Crippen molar-refractivity contribution in [2.75, 3.05) is 41.3 Å². The first-order valence-corrected chi connectivity index (χ1v) is 17.9. The number of rotatable bonds is 10. The van der Waals surface area contributed by atoms with E-state index >= 15 is 8.78 Å². The molecule has 252 valence electrons. The van der Waals surface area contributed by atoms with Gasteiger partial charge in [0.1, 0.15) is 23.2 Å². The van der Waals surface area contributed by atoms with Gasteiger partial charge in [-0.15, -0.1) is 0 Å². The zero-order valence-corrected chi connectivity index (χ0v) is 29.6. The van der Waals surface area contributed by atoms with Gasteiger partial charge in [0.2, 0.25) is 10.0 Å². The number of nitrogens with zero attached hydrogens (tertiary/aromatic N) is 4. The Morgan fingerprint density at radius 2 is 1.62 bits per heavy atom. The summed E-state index contributed by atoms with van der Waals surface area (Å²) in [7, 11) is 3.67. The fourth-order valence-electron chi connectivity index (χ4n) is 5.92. The van der Waals surface area contributed by atoms with Gasteiger partial charge in [-0.25, -0.2) is 26.6 Å². The second-order valence-electron chi connectivity index (χ2n) is 13.1. The van der Waals surface area contributed by atoms with Crippen LogP contribution in [-0.2, 0) is 21.2 Å². The molecule has 0 saturated carbocycles. The molecule has 5 rings (SSSR count). The maximum absolute atomic E-state index is 15.5. The lowest BCUT2D eigenvalue weighted by molar-refractivity contribution is -0.897. The molecule has 0 amide bonds. The third kappa shape index (κ3) is 7.22. The number of hydrogen-bond acceptors (Lipinski definition) is 5. The largest absolute Gasteiger partial charge is 0.495 e. The van der Waals surface area contributed by atoms with Crippen LogP contribution >= 0.6 is 23.4 Å². The van der Waals surface area contributed by atoms with Crippen molar-refractivity contribution in [1.82, 2.24) is 13.9 Å². The Kier molecular flexibility index (Phi) is 10.1. The van der Waals surface area contributed by atoms with E-state index in [-0.39, 0.29) is 24.4 Å². The van der Waals surface area contributed by atoms with Crippen molar-refractivity contribution in [3.8, 4) is 11.4 Å². The minimum atomic E-state index is -4.08. The first-order chi connectivity index (χ1) is 22.0. The molecule has 4 aromatic rings. The first-order valence-electron chi connectivity index (χ1n) is 15.1. The van der Waals surface area contributed by atoms with Crippen LogP contribution in [0.5, 0.6) is 5.75 Å². The van der Waals surface area contributed by atoms with Crippen LogP contribution in [0.15, 0.2) is 70.8 Å². The van der Waals surface area contributed by atoms with Crippen molar-refractivity contribution in [3.63, 3.8) is 0 Å². The van der Waals surface area contributed by atoms with Crippen LogP contribution in [0, 0.1) is 17.5 Å². The number of methoxy groups -OCH3 is 1. The van der Waals surface area contributed by atoms with Gasteiger partial charge in [-0.05, 0) is 54.1 Å². The first kappa shape index (κ1) is 35.3. The van der Waals surface area contributed by atoms with E-state index in [9.17, 15) is 12.8 Å². The van der Waals surface area contributed by atoms with E-state index in [1.807, 2.05) is 30.5 Å². The highest BCUT2D eigenvalue weighted by Gasteiger charge is 2.35. The topological polar surface area (TPSA) is 64.4 Å². The van der Waals surface area contributed by atoms with E-state index in [1.54, 1.807) is 24.4 Å². The van der Waals surface area contributed by atoms with Crippen LogP contribution in [-0.4, -0.2) is 74.1 Å². The molecule has 1 aliphatic rings. The summed E-state index contributed by atoms with van der Waals surface area (Å²) in [5.41, 5.74) is 1.27. The Balaban J connectivity index is 1.44. The number of quaternary nitrogens is 1. The van der Waals surface area contributed by atoms with E-state index in [0.717, 1.165) is 39.6 Å². The fraction of sp³-hybridized carbons (Fsp3) is 0.382.